The van der Waals surface area contributed by atoms with Gasteiger partial charge < -0.3 is 20.7 Å². The van der Waals surface area contributed by atoms with Gasteiger partial charge in [-0.15, -0.1) is 0 Å². The van der Waals surface area contributed by atoms with E-state index >= 15 is 0 Å². The van der Waals surface area contributed by atoms with E-state index in [0.717, 1.165) is 5.56 Å². The van der Waals surface area contributed by atoms with Gasteiger partial charge in [-0.3, -0.25) is 4.57 Å². The van der Waals surface area contributed by atoms with Gasteiger partial charge in [-0.25, -0.2) is 15.0 Å². The number of aliphatic hydroxyl groups excluding tert-OH is 2. The third-order valence-corrected chi connectivity index (χ3v) is 4.67. The summed E-state index contributed by atoms with van der Waals surface area (Å²) >= 11 is 4.17. The zero-order chi connectivity index (χ0) is 17.6. The molecule has 0 saturated carbocycles. The number of nitrogen functional groups attached to an aromatic ring is 1. The fourth-order valence-electron chi connectivity index (χ4n) is 3.05. The van der Waals surface area contributed by atoms with Crippen LogP contribution in [-0.4, -0.2) is 53.8 Å². The number of hydrogen-bond acceptors (Lipinski definition) is 8. The number of nitrogens with two attached hydrogens (primary N) is 1. The minimum atomic E-state index is -1.15. The molecule has 3 aromatic rings. The number of aromatic nitrogens is 4. The Morgan fingerprint density at radius 2 is 1.92 bits per heavy atom. The molecule has 4 N–H and O–H groups in total. The number of anilines is 1. The number of nitrogens with zero attached hydrogens (tertiary/aromatic N) is 4. The predicted molar refractivity (Wildman–Crippen MR) is 94.9 cm³/mol. The Morgan fingerprint density at radius 1 is 1.16 bits per heavy atom. The Bertz CT molecular complexity index is 903. The summed E-state index contributed by atoms with van der Waals surface area (Å²) in [4.78, 5) is 12.8. The van der Waals surface area contributed by atoms with Crippen LogP contribution in [0.3, 0.4) is 0 Å². The summed E-state index contributed by atoms with van der Waals surface area (Å²) in [6, 6.07) is 9.42. The van der Waals surface area contributed by atoms with Crippen molar-refractivity contribution in [3.8, 4) is 11.4 Å². The molecule has 1 aromatic carbocycles. The molecule has 0 radical (unpaired) electrons. The molecule has 1 aliphatic heterocycles. The van der Waals surface area contributed by atoms with Crippen molar-refractivity contribution >= 4 is 29.6 Å². The van der Waals surface area contributed by atoms with E-state index in [0.29, 0.717) is 17.0 Å². The minimum Gasteiger partial charge on any atom is -0.387 e. The van der Waals surface area contributed by atoms with E-state index in [1.165, 1.54) is 6.33 Å². The number of aliphatic hydroxyl groups is 2. The average molecular weight is 359 g/mol. The van der Waals surface area contributed by atoms with Gasteiger partial charge in [0, 0.05) is 11.3 Å². The van der Waals surface area contributed by atoms with Crippen LogP contribution >= 0.6 is 12.6 Å². The quantitative estimate of drug-likeness (QED) is 0.506. The Balaban J connectivity index is 1.94. The van der Waals surface area contributed by atoms with Crippen LogP contribution < -0.4 is 5.73 Å². The highest BCUT2D eigenvalue weighted by atomic mass is 32.1. The summed E-state index contributed by atoms with van der Waals surface area (Å²) in [5, 5.41) is 20.7. The monoisotopic (exact) mass is 359 g/mol. The Hall–Kier alpha value is -2.20. The van der Waals surface area contributed by atoms with E-state index < -0.39 is 24.5 Å². The maximum Gasteiger partial charge on any atom is 0.168 e. The van der Waals surface area contributed by atoms with Crippen LogP contribution in [0.4, 0.5) is 5.82 Å². The molecule has 1 saturated heterocycles. The summed E-state index contributed by atoms with van der Waals surface area (Å²) in [5.41, 5.74) is 7.59. The first-order valence-corrected chi connectivity index (χ1v) is 8.41. The van der Waals surface area contributed by atoms with Crippen LogP contribution in [0, 0.1) is 0 Å². The van der Waals surface area contributed by atoms with E-state index in [4.69, 9.17) is 10.5 Å². The minimum absolute atomic E-state index is 0.236. The zero-order valence-corrected chi connectivity index (χ0v) is 14.0. The summed E-state index contributed by atoms with van der Waals surface area (Å²) in [7, 11) is 0. The lowest BCUT2D eigenvalue weighted by molar-refractivity contribution is -0.0277. The third-order valence-electron chi connectivity index (χ3n) is 4.31. The van der Waals surface area contributed by atoms with Crippen molar-refractivity contribution in [2.75, 3.05) is 11.5 Å². The number of thiol groups is 1. The first kappa shape index (κ1) is 16.3. The van der Waals surface area contributed by atoms with Gasteiger partial charge in [-0.1, -0.05) is 30.3 Å². The average Bonchev–Trinajstić information content (AvgIpc) is 3.15. The first-order valence-electron chi connectivity index (χ1n) is 7.78. The van der Waals surface area contributed by atoms with E-state index in [1.807, 2.05) is 30.3 Å². The maximum absolute atomic E-state index is 10.5. The van der Waals surface area contributed by atoms with Gasteiger partial charge in [0.1, 0.15) is 24.4 Å². The normalized spacial score (nSPS) is 26.4. The molecule has 8 nitrogen and oxygen atoms in total. The van der Waals surface area contributed by atoms with Crippen molar-refractivity contribution in [3.63, 3.8) is 0 Å². The molecular formula is C16H17N5O3S. The molecule has 25 heavy (non-hydrogen) atoms. The van der Waals surface area contributed by atoms with Crippen molar-refractivity contribution < 1.29 is 14.9 Å². The Labute approximate surface area is 148 Å². The smallest absolute Gasteiger partial charge is 0.168 e. The largest absolute Gasteiger partial charge is 0.387 e. The molecule has 4 rings (SSSR count). The van der Waals surface area contributed by atoms with E-state index in [2.05, 4.69) is 27.6 Å². The van der Waals surface area contributed by atoms with Crippen molar-refractivity contribution in [1.82, 2.24) is 19.5 Å². The number of ether oxygens (including phenoxy) is 1. The van der Waals surface area contributed by atoms with Crippen LogP contribution in [0.2, 0.25) is 0 Å². The highest BCUT2D eigenvalue weighted by Gasteiger charge is 2.44. The maximum atomic E-state index is 10.5. The number of rotatable bonds is 3. The number of fused-ring (bicyclic) bond motifs is 1. The molecule has 9 heteroatoms. The Kier molecular flexibility index (Phi) is 4.08. The van der Waals surface area contributed by atoms with Gasteiger partial charge in [0.15, 0.2) is 23.2 Å². The molecule has 2 aromatic heterocycles. The van der Waals surface area contributed by atoms with Crippen molar-refractivity contribution in [2.45, 2.75) is 24.5 Å². The third kappa shape index (κ3) is 2.56. The van der Waals surface area contributed by atoms with Gasteiger partial charge in [-0.2, -0.15) is 12.6 Å². The van der Waals surface area contributed by atoms with E-state index in [1.54, 1.807) is 4.57 Å². The predicted octanol–water partition coefficient (Wildman–Crippen LogP) is 0.624. The topological polar surface area (TPSA) is 119 Å². The number of hydrogen-bond donors (Lipinski definition) is 4. The van der Waals surface area contributed by atoms with Crippen LogP contribution in [0.25, 0.3) is 22.6 Å². The first-order chi connectivity index (χ1) is 12.1. The standard InChI is InChI=1S/C16H17N5O3S/c17-13-10-15(19-7-18-13)21(14(20-10)8-4-2-1-3-5-8)16-12(23)11(22)9(6-25)24-16/h1-5,7,9,11-12,16,22-23,25H,6H2,(H2,17,18,19)/t9-,11-,12-,16-/m1/s1. The second kappa shape index (κ2) is 6.26. The van der Waals surface area contributed by atoms with Crippen LogP contribution in [0.15, 0.2) is 36.7 Å². The molecule has 1 fully saturated rings. The van der Waals surface area contributed by atoms with E-state index in [-0.39, 0.29) is 11.6 Å². The lowest BCUT2D eigenvalue weighted by Crippen LogP contribution is -2.32. The van der Waals surface area contributed by atoms with Gasteiger partial charge in [-0.05, 0) is 0 Å². The molecule has 3 heterocycles. The molecule has 0 aliphatic carbocycles. The lowest BCUT2D eigenvalue weighted by Gasteiger charge is -2.19. The van der Waals surface area contributed by atoms with E-state index in [9.17, 15) is 10.2 Å². The van der Waals surface area contributed by atoms with Gasteiger partial charge in [0.25, 0.3) is 0 Å². The summed E-state index contributed by atoms with van der Waals surface area (Å²) in [6.07, 6.45) is -2.32. The molecule has 0 unspecified atom stereocenters. The van der Waals surface area contributed by atoms with Crippen LogP contribution in [0.5, 0.6) is 0 Å². The van der Waals surface area contributed by atoms with Gasteiger partial charge in [0.2, 0.25) is 0 Å². The number of benzene rings is 1. The summed E-state index contributed by atoms with van der Waals surface area (Å²) in [6.45, 7) is 0. The van der Waals surface area contributed by atoms with Crippen molar-refractivity contribution in [3.05, 3.63) is 36.7 Å². The lowest BCUT2D eigenvalue weighted by atomic mass is 10.1. The van der Waals surface area contributed by atoms with Gasteiger partial charge in [0.05, 0.1) is 6.10 Å². The van der Waals surface area contributed by atoms with Crippen LogP contribution in [0.1, 0.15) is 6.23 Å². The molecular weight excluding hydrogens is 342 g/mol. The number of imidazole rings is 1. The second-order valence-electron chi connectivity index (χ2n) is 5.83. The molecule has 0 spiro atoms. The fourth-order valence-corrected chi connectivity index (χ4v) is 3.35. The fraction of sp³-hybridized carbons (Fsp3) is 0.312. The molecule has 1 aliphatic rings. The SMILES string of the molecule is Nc1ncnc2c1nc(-c1ccccc1)n2[C@@H]1O[C@H](CS)[C@@H](O)[C@H]1O. The molecule has 0 amide bonds. The zero-order valence-electron chi connectivity index (χ0n) is 13.1. The van der Waals surface area contributed by atoms with Crippen LogP contribution in [-0.2, 0) is 4.74 Å². The molecule has 0 bridgehead atoms. The Morgan fingerprint density at radius 3 is 2.60 bits per heavy atom. The highest BCUT2D eigenvalue weighted by molar-refractivity contribution is 7.80. The summed E-state index contributed by atoms with van der Waals surface area (Å²) in [5.74, 6) is 1.04. The van der Waals surface area contributed by atoms with Gasteiger partial charge >= 0.3 is 0 Å². The van der Waals surface area contributed by atoms with Crippen molar-refractivity contribution in [1.29, 1.82) is 0 Å². The van der Waals surface area contributed by atoms with Crippen molar-refractivity contribution in [2.24, 2.45) is 0 Å². The highest BCUT2D eigenvalue weighted by Crippen LogP contribution is 2.36. The second-order valence-corrected chi connectivity index (χ2v) is 6.20. The molecule has 130 valence electrons. The molecule has 4 atom stereocenters. The summed E-state index contributed by atoms with van der Waals surface area (Å²) < 4.78 is 7.49.